The normalized spacial score (nSPS) is 13.1. The van der Waals surface area contributed by atoms with Gasteiger partial charge in [0.25, 0.3) is 0 Å². The van der Waals surface area contributed by atoms with Crippen LogP contribution < -0.4 is 4.74 Å². The van der Waals surface area contributed by atoms with Crippen molar-refractivity contribution in [2.75, 3.05) is 0 Å². The summed E-state index contributed by atoms with van der Waals surface area (Å²) in [5.74, 6) is 2.13. The third kappa shape index (κ3) is 2.20. The highest BCUT2D eigenvalue weighted by Crippen LogP contribution is 2.51. The van der Waals surface area contributed by atoms with Crippen LogP contribution in [0.5, 0.6) is 11.5 Å². The van der Waals surface area contributed by atoms with E-state index in [1.54, 1.807) is 0 Å². The Morgan fingerprint density at radius 3 is 1.54 bits per heavy atom. The van der Waals surface area contributed by atoms with Gasteiger partial charge in [-0.3, -0.25) is 0 Å². The van der Waals surface area contributed by atoms with Gasteiger partial charge < -0.3 is 4.74 Å². The van der Waals surface area contributed by atoms with E-state index in [9.17, 15) is 0 Å². The molecule has 1 aliphatic rings. The SMILES string of the molecule is c1ccc(C2c3ccc4ccccc4c3Oc3c2ccc2ccccc32)cc1. The molecule has 0 aromatic heterocycles. The molecule has 1 aliphatic heterocycles. The van der Waals surface area contributed by atoms with E-state index < -0.39 is 0 Å². The third-order valence-corrected chi connectivity index (χ3v) is 5.78. The van der Waals surface area contributed by atoms with Crippen LogP contribution in [0.1, 0.15) is 22.6 Å². The topological polar surface area (TPSA) is 9.23 Å². The number of hydrogen-bond acceptors (Lipinski definition) is 1. The van der Waals surface area contributed by atoms with E-state index in [0.717, 1.165) is 11.5 Å². The molecule has 0 amide bonds. The summed E-state index contributed by atoms with van der Waals surface area (Å²) in [6.07, 6.45) is 0. The largest absolute Gasteiger partial charge is 0.455 e. The Morgan fingerprint density at radius 1 is 0.464 bits per heavy atom. The Morgan fingerprint density at radius 2 is 0.964 bits per heavy atom. The Bertz CT molecular complexity index is 1250. The van der Waals surface area contributed by atoms with Gasteiger partial charge in [-0.05, 0) is 16.3 Å². The molecule has 0 saturated heterocycles. The summed E-state index contributed by atoms with van der Waals surface area (Å²) in [7, 11) is 0. The van der Waals surface area contributed by atoms with Gasteiger partial charge >= 0.3 is 0 Å². The van der Waals surface area contributed by atoms with Crippen LogP contribution in [0, 0.1) is 0 Å². The van der Waals surface area contributed by atoms with Crippen molar-refractivity contribution in [2.24, 2.45) is 0 Å². The molecule has 6 rings (SSSR count). The number of fused-ring (bicyclic) bond motifs is 6. The lowest BCUT2D eigenvalue weighted by molar-refractivity contribution is 0.464. The maximum absolute atomic E-state index is 6.66. The first kappa shape index (κ1) is 15.5. The molecule has 0 saturated carbocycles. The first-order chi connectivity index (χ1) is 13.9. The van der Waals surface area contributed by atoms with Gasteiger partial charge in [0.05, 0.1) is 0 Å². The lowest BCUT2D eigenvalue weighted by atomic mass is 9.81. The third-order valence-electron chi connectivity index (χ3n) is 5.78. The number of hydrogen-bond donors (Lipinski definition) is 0. The van der Waals surface area contributed by atoms with Gasteiger partial charge in [-0.2, -0.15) is 0 Å². The molecule has 0 N–H and O–H groups in total. The minimum atomic E-state index is 0.161. The molecule has 0 spiro atoms. The fourth-order valence-corrected chi connectivity index (χ4v) is 4.48. The zero-order chi connectivity index (χ0) is 18.5. The van der Waals surface area contributed by atoms with Crippen molar-refractivity contribution in [1.29, 1.82) is 0 Å². The van der Waals surface area contributed by atoms with Crippen molar-refractivity contribution >= 4 is 21.5 Å². The molecule has 0 atom stereocenters. The molecule has 0 fully saturated rings. The van der Waals surface area contributed by atoms with E-state index in [1.807, 2.05) is 0 Å². The summed E-state index contributed by atoms with van der Waals surface area (Å²) in [5, 5.41) is 4.74. The van der Waals surface area contributed by atoms with E-state index in [-0.39, 0.29) is 5.92 Å². The van der Waals surface area contributed by atoms with E-state index in [0.29, 0.717) is 0 Å². The minimum Gasteiger partial charge on any atom is -0.455 e. The van der Waals surface area contributed by atoms with Gasteiger partial charge in [0.1, 0.15) is 11.5 Å². The lowest BCUT2D eigenvalue weighted by Crippen LogP contribution is -2.12. The number of rotatable bonds is 1. The summed E-state index contributed by atoms with van der Waals surface area (Å²) in [6.45, 7) is 0. The molecule has 0 aliphatic carbocycles. The minimum absolute atomic E-state index is 0.161. The maximum Gasteiger partial charge on any atom is 0.139 e. The highest BCUT2D eigenvalue weighted by Gasteiger charge is 2.30. The van der Waals surface area contributed by atoms with Crippen molar-refractivity contribution in [3.8, 4) is 11.5 Å². The molecule has 1 nitrogen and oxygen atoms in total. The summed E-state index contributed by atoms with van der Waals surface area (Å²) < 4.78 is 6.66. The maximum atomic E-state index is 6.66. The van der Waals surface area contributed by atoms with Crippen molar-refractivity contribution in [3.05, 3.63) is 120 Å². The highest BCUT2D eigenvalue weighted by atomic mass is 16.5. The van der Waals surface area contributed by atoms with Gasteiger partial charge in [0.2, 0.25) is 0 Å². The fraction of sp³-hybridized carbons (Fsp3) is 0.0370. The van der Waals surface area contributed by atoms with Crippen LogP contribution in [0.15, 0.2) is 103 Å². The summed E-state index contributed by atoms with van der Waals surface area (Å²) in [5.41, 5.74) is 3.75. The zero-order valence-corrected chi connectivity index (χ0v) is 15.3. The van der Waals surface area contributed by atoms with E-state index >= 15 is 0 Å². The van der Waals surface area contributed by atoms with E-state index in [4.69, 9.17) is 4.74 Å². The van der Waals surface area contributed by atoms with Crippen LogP contribution in [-0.4, -0.2) is 0 Å². The molecule has 5 aromatic rings. The van der Waals surface area contributed by atoms with Crippen LogP contribution in [0.2, 0.25) is 0 Å². The van der Waals surface area contributed by atoms with Crippen LogP contribution in [0.25, 0.3) is 21.5 Å². The van der Waals surface area contributed by atoms with Crippen molar-refractivity contribution in [1.82, 2.24) is 0 Å². The van der Waals surface area contributed by atoms with Gasteiger partial charge in [0.15, 0.2) is 0 Å². The predicted octanol–water partition coefficient (Wildman–Crippen LogP) is 7.28. The molecule has 1 heterocycles. The van der Waals surface area contributed by atoms with E-state index in [1.165, 1.54) is 38.2 Å². The first-order valence-corrected chi connectivity index (χ1v) is 9.66. The molecule has 1 heteroatoms. The Hall–Kier alpha value is -3.58. The molecular weight excluding hydrogens is 340 g/mol. The molecule has 0 bridgehead atoms. The molecule has 28 heavy (non-hydrogen) atoms. The quantitative estimate of drug-likeness (QED) is 0.300. The monoisotopic (exact) mass is 358 g/mol. The van der Waals surface area contributed by atoms with Crippen molar-refractivity contribution in [3.63, 3.8) is 0 Å². The molecule has 0 unspecified atom stereocenters. The molecular formula is C27H18O. The number of benzene rings is 5. The van der Waals surface area contributed by atoms with Gasteiger partial charge in [-0.15, -0.1) is 0 Å². The van der Waals surface area contributed by atoms with Crippen LogP contribution in [-0.2, 0) is 0 Å². The van der Waals surface area contributed by atoms with E-state index in [2.05, 4.69) is 103 Å². The van der Waals surface area contributed by atoms with Crippen molar-refractivity contribution in [2.45, 2.75) is 5.92 Å². The average molecular weight is 358 g/mol. The second-order valence-electron chi connectivity index (χ2n) is 7.36. The smallest absolute Gasteiger partial charge is 0.139 e. The standard InChI is InChI=1S/C27H18O/c1-2-10-20(11-3-1)25-23-16-14-18-8-4-6-12-21(18)26(23)28-27-22-13-7-5-9-19(22)15-17-24(25)27/h1-17,25H. The second-order valence-corrected chi connectivity index (χ2v) is 7.36. The average Bonchev–Trinajstić information content (AvgIpc) is 2.78. The van der Waals surface area contributed by atoms with Gasteiger partial charge in [0, 0.05) is 27.8 Å². The molecule has 5 aromatic carbocycles. The zero-order valence-electron chi connectivity index (χ0n) is 15.3. The summed E-state index contributed by atoms with van der Waals surface area (Å²) in [6, 6.07) is 36.6. The van der Waals surface area contributed by atoms with Crippen LogP contribution in [0.3, 0.4) is 0 Å². The highest BCUT2D eigenvalue weighted by molar-refractivity contribution is 5.95. The predicted molar refractivity (Wildman–Crippen MR) is 115 cm³/mol. The summed E-state index contributed by atoms with van der Waals surface area (Å²) in [4.78, 5) is 0. The fourth-order valence-electron chi connectivity index (χ4n) is 4.48. The Kier molecular flexibility index (Phi) is 3.30. The van der Waals surface area contributed by atoms with Gasteiger partial charge in [-0.25, -0.2) is 0 Å². The van der Waals surface area contributed by atoms with Crippen LogP contribution in [0.4, 0.5) is 0 Å². The van der Waals surface area contributed by atoms with Gasteiger partial charge in [-0.1, -0.05) is 103 Å². The Balaban J connectivity index is 1.72. The lowest BCUT2D eigenvalue weighted by Gasteiger charge is -2.30. The summed E-state index contributed by atoms with van der Waals surface area (Å²) >= 11 is 0. The van der Waals surface area contributed by atoms with Crippen molar-refractivity contribution < 1.29 is 4.74 Å². The first-order valence-electron chi connectivity index (χ1n) is 9.66. The molecule has 132 valence electrons. The van der Waals surface area contributed by atoms with Crippen LogP contribution >= 0.6 is 0 Å². The Labute approximate surface area is 163 Å². The second kappa shape index (κ2) is 5.97. The molecule has 0 radical (unpaired) electrons. The number of ether oxygens (including phenoxy) is 1.